The second-order valence-electron chi connectivity index (χ2n) is 5.15. The maximum Gasteiger partial charge on any atom is 0.178 e. The molecule has 0 amide bonds. The number of hydrogen-bond acceptors (Lipinski definition) is 2. The number of carbonyl (C=O) groups excluding carboxylic acids is 1. The normalized spacial score (nSPS) is 26.5. The molecule has 0 aromatic carbocycles. The van der Waals surface area contributed by atoms with Crippen LogP contribution in [0.5, 0.6) is 0 Å². The van der Waals surface area contributed by atoms with Gasteiger partial charge in [-0.25, -0.2) is 0 Å². The van der Waals surface area contributed by atoms with Crippen molar-refractivity contribution in [3.63, 3.8) is 0 Å². The highest BCUT2D eigenvalue weighted by atomic mass is 16.1. The van der Waals surface area contributed by atoms with E-state index in [2.05, 4.69) is 12.2 Å². The van der Waals surface area contributed by atoms with E-state index in [4.69, 9.17) is 0 Å². The number of ketones is 1. The van der Waals surface area contributed by atoms with Gasteiger partial charge < -0.3 is 5.32 Å². The first kappa shape index (κ1) is 15.0. The largest absolute Gasteiger partial charge is 0.359 e. The van der Waals surface area contributed by atoms with E-state index in [0.717, 1.165) is 24.5 Å². The summed E-state index contributed by atoms with van der Waals surface area (Å²) in [4.78, 5) is 12.0. The van der Waals surface area contributed by atoms with Crippen LogP contribution in [0.1, 0.15) is 59.3 Å². The molecule has 1 fully saturated rings. The molecule has 1 aliphatic carbocycles. The average Bonchev–Trinajstić information content (AvgIpc) is 2.44. The third-order valence-corrected chi connectivity index (χ3v) is 3.72. The van der Waals surface area contributed by atoms with Crippen molar-refractivity contribution in [1.29, 1.82) is 0 Å². The van der Waals surface area contributed by atoms with E-state index in [1.807, 2.05) is 32.2 Å². The Morgan fingerprint density at radius 3 is 2.50 bits per heavy atom. The van der Waals surface area contributed by atoms with Gasteiger partial charge in [0.15, 0.2) is 5.78 Å². The lowest BCUT2D eigenvalue weighted by Gasteiger charge is -2.26. The molecule has 0 radical (unpaired) electrons. The molecule has 1 N–H and O–H groups in total. The molecule has 0 bridgehead atoms. The highest BCUT2D eigenvalue weighted by molar-refractivity contribution is 5.95. The Morgan fingerprint density at radius 1 is 1.28 bits per heavy atom. The van der Waals surface area contributed by atoms with Crippen LogP contribution in [0, 0.1) is 11.8 Å². The van der Waals surface area contributed by atoms with Gasteiger partial charge in [0.2, 0.25) is 0 Å². The molecule has 2 nitrogen and oxygen atoms in total. The smallest absolute Gasteiger partial charge is 0.178 e. The van der Waals surface area contributed by atoms with Crippen molar-refractivity contribution in [3.8, 4) is 0 Å². The Balaban J connectivity index is 0.000000771. The molecule has 0 saturated heterocycles. The minimum Gasteiger partial charge on any atom is -0.359 e. The number of nitrogens with one attached hydrogen (secondary N) is 1. The Labute approximate surface area is 112 Å². The lowest BCUT2D eigenvalue weighted by molar-refractivity contribution is -0.117. The first-order valence-electron chi connectivity index (χ1n) is 7.40. The zero-order valence-corrected chi connectivity index (χ0v) is 12.0. The molecule has 1 aliphatic heterocycles. The van der Waals surface area contributed by atoms with Crippen molar-refractivity contribution in [3.05, 3.63) is 24.0 Å². The average molecular weight is 249 g/mol. The fourth-order valence-electron chi connectivity index (χ4n) is 2.56. The molecule has 0 atom stereocenters. The lowest BCUT2D eigenvalue weighted by Crippen LogP contribution is -2.22. The number of rotatable bonds is 3. The van der Waals surface area contributed by atoms with Crippen LogP contribution in [0.25, 0.3) is 0 Å². The lowest BCUT2D eigenvalue weighted by atomic mass is 9.80. The molecule has 0 aromatic rings. The Kier molecular flexibility index (Phi) is 6.77. The minimum absolute atomic E-state index is 0.295. The Morgan fingerprint density at radius 2 is 1.94 bits per heavy atom. The summed E-state index contributed by atoms with van der Waals surface area (Å²) in [7, 11) is 0. The molecule has 2 rings (SSSR count). The van der Waals surface area contributed by atoms with Gasteiger partial charge in [-0.05, 0) is 37.3 Å². The molecule has 102 valence electrons. The van der Waals surface area contributed by atoms with Crippen LogP contribution >= 0.6 is 0 Å². The predicted molar refractivity (Wildman–Crippen MR) is 77.1 cm³/mol. The van der Waals surface area contributed by atoms with Gasteiger partial charge in [-0.15, -0.1) is 0 Å². The number of Topliss-reactive ketones (excluding diaryl/α,β-unsaturated/α-hetero) is 1. The second kappa shape index (κ2) is 8.12. The van der Waals surface area contributed by atoms with E-state index in [9.17, 15) is 4.79 Å². The zero-order valence-electron chi connectivity index (χ0n) is 12.0. The van der Waals surface area contributed by atoms with Crippen molar-refractivity contribution in [2.45, 2.75) is 59.3 Å². The number of hydrogen-bond donors (Lipinski definition) is 1. The van der Waals surface area contributed by atoms with Gasteiger partial charge in [-0.3, -0.25) is 4.79 Å². The summed E-state index contributed by atoms with van der Waals surface area (Å²) in [6.07, 6.45) is 12.6. The molecular formula is C16H27NO. The SMILES string of the molecule is CC.CC1CCC(CC(=O)C2=CCC=CN2)CC1. The van der Waals surface area contributed by atoms with E-state index in [1.54, 1.807) is 0 Å². The van der Waals surface area contributed by atoms with Crippen molar-refractivity contribution < 1.29 is 4.79 Å². The van der Waals surface area contributed by atoms with Gasteiger partial charge in [-0.1, -0.05) is 45.8 Å². The fraction of sp³-hybridized carbons (Fsp3) is 0.688. The van der Waals surface area contributed by atoms with Gasteiger partial charge in [0.25, 0.3) is 0 Å². The summed E-state index contributed by atoms with van der Waals surface area (Å²) in [6.45, 7) is 6.31. The number of carbonyl (C=O) groups is 1. The van der Waals surface area contributed by atoms with Crippen molar-refractivity contribution in [1.82, 2.24) is 5.32 Å². The maximum absolute atomic E-state index is 12.0. The zero-order chi connectivity index (χ0) is 13.4. The van der Waals surface area contributed by atoms with Crippen molar-refractivity contribution >= 4 is 5.78 Å². The van der Waals surface area contributed by atoms with Gasteiger partial charge in [-0.2, -0.15) is 0 Å². The van der Waals surface area contributed by atoms with E-state index < -0.39 is 0 Å². The van der Waals surface area contributed by atoms with Crippen LogP contribution in [-0.2, 0) is 4.79 Å². The van der Waals surface area contributed by atoms with Crippen LogP contribution in [-0.4, -0.2) is 5.78 Å². The van der Waals surface area contributed by atoms with E-state index >= 15 is 0 Å². The van der Waals surface area contributed by atoms with Crippen LogP contribution in [0.2, 0.25) is 0 Å². The molecule has 0 aromatic heterocycles. The predicted octanol–water partition coefficient (Wildman–Crippen LogP) is 4.19. The molecule has 1 saturated carbocycles. The van der Waals surface area contributed by atoms with Crippen LogP contribution in [0.4, 0.5) is 0 Å². The third kappa shape index (κ3) is 4.67. The number of dihydropyridines is 1. The summed E-state index contributed by atoms with van der Waals surface area (Å²) in [5, 5.41) is 3.05. The molecule has 0 unspecified atom stereocenters. The second-order valence-corrected chi connectivity index (χ2v) is 5.15. The van der Waals surface area contributed by atoms with Gasteiger partial charge in [0, 0.05) is 6.42 Å². The Bertz CT molecular complexity index is 309. The van der Waals surface area contributed by atoms with E-state index in [-0.39, 0.29) is 0 Å². The monoisotopic (exact) mass is 249 g/mol. The quantitative estimate of drug-likeness (QED) is 0.812. The van der Waals surface area contributed by atoms with Crippen molar-refractivity contribution in [2.75, 3.05) is 0 Å². The van der Waals surface area contributed by atoms with E-state index in [0.29, 0.717) is 11.7 Å². The molecule has 18 heavy (non-hydrogen) atoms. The summed E-state index contributed by atoms with van der Waals surface area (Å²) >= 11 is 0. The third-order valence-electron chi connectivity index (χ3n) is 3.72. The van der Waals surface area contributed by atoms with Crippen molar-refractivity contribution in [2.24, 2.45) is 11.8 Å². The summed E-state index contributed by atoms with van der Waals surface area (Å²) in [5.41, 5.74) is 0.807. The first-order chi connectivity index (χ1) is 8.75. The van der Waals surface area contributed by atoms with Crippen LogP contribution in [0.3, 0.4) is 0 Å². The van der Waals surface area contributed by atoms with Gasteiger partial charge in [0.05, 0.1) is 5.70 Å². The molecule has 1 heterocycles. The first-order valence-corrected chi connectivity index (χ1v) is 7.40. The fourth-order valence-corrected chi connectivity index (χ4v) is 2.56. The summed E-state index contributed by atoms with van der Waals surface area (Å²) in [5.74, 6) is 1.78. The molecular weight excluding hydrogens is 222 g/mol. The molecule has 2 heteroatoms. The highest BCUT2D eigenvalue weighted by Crippen LogP contribution is 2.31. The molecule has 2 aliphatic rings. The van der Waals surface area contributed by atoms with Gasteiger partial charge >= 0.3 is 0 Å². The standard InChI is InChI=1S/C14H21NO.C2H6/c1-11-5-7-12(8-6-11)10-14(16)13-4-2-3-9-15-13;1-2/h3-4,9,11-12,15H,2,5-8,10H2,1H3;1-2H3. The molecule has 0 spiro atoms. The van der Waals surface area contributed by atoms with Crippen LogP contribution < -0.4 is 5.32 Å². The Hall–Kier alpha value is -1.05. The minimum atomic E-state index is 0.295. The van der Waals surface area contributed by atoms with Gasteiger partial charge in [0.1, 0.15) is 0 Å². The van der Waals surface area contributed by atoms with E-state index in [1.165, 1.54) is 25.7 Å². The summed E-state index contributed by atoms with van der Waals surface area (Å²) in [6, 6.07) is 0. The highest BCUT2D eigenvalue weighted by Gasteiger charge is 2.22. The topological polar surface area (TPSA) is 29.1 Å². The maximum atomic E-state index is 12.0. The van der Waals surface area contributed by atoms with Crippen LogP contribution in [0.15, 0.2) is 24.0 Å². The number of allylic oxidation sites excluding steroid dienone is 3. The summed E-state index contributed by atoms with van der Waals surface area (Å²) < 4.78 is 0.